The van der Waals surface area contributed by atoms with Gasteiger partial charge in [-0.25, -0.2) is 4.79 Å². The largest absolute Gasteiger partial charge is 0.462 e. The van der Waals surface area contributed by atoms with E-state index in [4.69, 9.17) is 5.26 Å². The Morgan fingerprint density at radius 3 is 2.56 bits per heavy atom. The fraction of sp³-hybridized carbons (Fsp3) is 0.273. The van der Waals surface area contributed by atoms with Crippen molar-refractivity contribution in [3.05, 3.63) is 28.8 Å². The number of halogens is 3. The van der Waals surface area contributed by atoms with E-state index < -0.39 is 28.8 Å². The normalized spacial score (nSPS) is 10.9. The van der Waals surface area contributed by atoms with Crippen LogP contribution in [0.5, 0.6) is 0 Å². The molecule has 0 saturated carbocycles. The lowest BCUT2D eigenvalue weighted by molar-refractivity contribution is -0.138. The Labute approximate surface area is 107 Å². The molecule has 0 aliphatic heterocycles. The highest BCUT2D eigenvalue weighted by molar-refractivity contribution is 7.80. The quantitative estimate of drug-likeness (QED) is 0.666. The number of nitrogens with zero attached hydrogens (tertiary/aromatic N) is 1. The van der Waals surface area contributed by atoms with Crippen molar-refractivity contribution in [1.82, 2.24) is 0 Å². The van der Waals surface area contributed by atoms with E-state index in [1.54, 1.807) is 0 Å². The summed E-state index contributed by atoms with van der Waals surface area (Å²) in [5.74, 6) is -1.17. The number of benzene rings is 1. The summed E-state index contributed by atoms with van der Waals surface area (Å²) >= 11 is 3.77. The molecule has 18 heavy (non-hydrogen) atoms. The number of carbonyl (C=O) groups is 1. The third-order valence-corrected chi connectivity index (χ3v) is 2.29. The SMILES string of the molecule is CCOC(=O)c1c(C#N)cc(S)cc1C(F)(F)F. The van der Waals surface area contributed by atoms with Crippen molar-refractivity contribution in [2.24, 2.45) is 0 Å². The highest BCUT2D eigenvalue weighted by Crippen LogP contribution is 2.35. The molecule has 0 saturated heterocycles. The molecule has 3 nitrogen and oxygen atoms in total. The molecule has 0 heterocycles. The maximum atomic E-state index is 12.8. The molecule has 0 N–H and O–H groups in total. The lowest BCUT2D eigenvalue weighted by Crippen LogP contribution is -2.17. The Morgan fingerprint density at radius 1 is 1.50 bits per heavy atom. The van der Waals surface area contributed by atoms with Crippen LogP contribution in [0.4, 0.5) is 13.2 Å². The number of ether oxygens (including phenoxy) is 1. The van der Waals surface area contributed by atoms with Gasteiger partial charge in [-0.05, 0) is 19.1 Å². The number of carbonyl (C=O) groups excluding carboxylic acids is 1. The first-order valence-electron chi connectivity index (χ1n) is 4.82. The Balaban J connectivity index is 3.54. The van der Waals surface area contributed by atoms with Gasteiger partial charge in [0.05, 0.1) is 23.3 Å². The van der Waals surface area contributed by atoms with Crippen LogP contribution in [0, 0.1) is 11.3 Å². The van der Waals surface area contributed by atoms with Gasteiger partial charge in [-0.15, -0.1) is 12.6 Å². The van der Waals surface area contributed by atoms with E-state index >= 15 is 0 Å². The molecule has 0 spiro atoms. The molecular weight excluding hydrogens is 267 g/mol. The molecule has 0 fully saturated rings. The zero-order valence-electron chi connectivity index (χ0n) is 9.21. The number of alkyl halides is 3. The van der Waals surface area contributed by atoms with Crippen LogP contribution in [0.3, 0.4) is 0 Å². The average molecular weight is 275 g/mol. The highest BCUT2D eigenvalue weighted by Gasteiger charge is 2.37. The molecular formula is C11H8F3NO2S. The lowest BCUT2D eigenvalue weighted by atomic mass is 10.0. The molecule has 0 aliphatic rings. The van der Waals surface area contributed by atoms with Gasteiger partial charge in [-0.1, -0.05) is 0 Å². The van der Waals surface area contributed by atoms with E-state index in [-0.39, 0.29) is 11.5 Å². The topological polar surface area (TPSA) is 50.1 Å². The molecule has 7 heteroatoms. The maximum absolute atomic E-state index is 12.8. The van der Waals surface area contributed by atoms with E-state index in [0.29, 0.717) is 6.07 Å². The van der Waals surface area contributed by atoms with Gasteiger partial charge in [0.15, 0.2) is 0 Å². The van der Waals surface area contributed by atoms with Gasteiger partial charge in [0.25, 0.3) is 0 Å². The number of nitriles is 1. The van der Waals surface area contributed by atoms with Crippen molar-refractivity contribution in [1.29, 1.82) is 5.26 Å². The predicted molar refractivity (Wildman–Crippen MR) is 59.4 cm³/mol. The van der Waals surface area contributed by atoms with E-state index in [9.17, 15) is 18.0 Å². The van der Waals surface area contributed by atoms with Gasteiger partial charge in [0, 0.05) is 4.90 Å². The molecule has 1 aromatic rings. The highest BCUT2D eigenvalue weighted by atomic mass is 32.1. The van der Waals surface area contributed by atoms with E-state index in [0.717, 1.165) is 6.07 Å². The summed E-state index contributed by atoms with van der Waals surface area (Å²) in [5, 5.41) is 8.79. The first kappa shape index (κ1) is 14.4. The van der Waals surface area contributed by atoms with Crippen LogP contribution in [0.15, 0.2) is 17.0 Å². The van der Waals surface area contributed by atoms with Gasteiger partial charge < -0.3 is 4.74 Å². The first-order chi connectivity index (χ1) is 8.31. The summed E-state index contributed by atoms with van der Waals surface area (Å²) in [4.78, 5) is 11.5. The van der Waals surface area contributed by atoms with Gasteiger partial charge in [-0.3, -0.25) is 0 Å². The van der Waals surface area contributed by atoms with Crippen LogP contribution in [-0.2, 0) is 10.9 Å². The number of rotatable bonds is 2. The minimum atomic E-state index is -4.76. The van der Waals surface area contributed by atoms with Crippen LogP contribution in [-0.4, -0.2) is 12.6 Å². The second-order valence-electron chi connectivity index (χ2n) is 3.25. The first-order valence-corrected chi connectivity index (χ1v) is 5.27. The van der Waals surface area contributed by atoms with Crippen molar-refractivity contribution < 1.29 is 22.7 Å². The molecule has 96 valence electrons. The van der Waals surface area contributed by atoms with Gasteiger partial charge in [0.2, 0.25) is 0 Å². The van der Waals surface area contributed by atoms with Crippen LogP contribution in [0.1, 0.15) is 28.4 Å². The molecule has 0 atom stereocenters. The summed E-state index contributed by atoms with van der Waals surface area (Å²) in [7, 11) is 0. The molecule has 0 aromatic heterocycles. The third kappa shape index (κ3) is 2.96. The number of hydrogen-bond acceptors (Lipinski definition) is 4. The zero-order valence-corrected chi connectivity index (χ0v) is 10.1. The fourth-order valence-electron chi connectivity index (χ4n) is 1.36. The van der Waals surface area contributed by atoms with Crippen molar-refractivity contribution >= 4 is 18.6 Å². The summed E-state index contributed by atoms with van der Waals surface area (Å²) in [6.07, 6.45) is -4.76. The Morgan fingerprint density at radius 2 is 2.11 bits per heavy atom. The summed E-state index contributed by atoms with van der Waals surface area (Å²) < 4.78 is 42.9. The molecule has 0 bridgehead atoms. The van der Waals surface area contributed by atoms with Crippen molar-refractivity contribution in [3.63, 3.8) is 0 Å². The molecule has 0 radical (unpaired) electrons. The second kappa shape index (κ2) is 5.31. The van der Waals surface area contributed by atoms with E-state index in [2.05, 4.69) is 17.4 Å². The summed E-state index contributed by atoms with van der Waals surface area (Å²) in [5.41, 5.74) is -2.40. The Bertz CT molecular complexity index is 520. The van der Waals surface area contributed by atoms with E-state index in [1.807, 2.05) is 0 Å². The molecule has 0 aliphatic carbocycles. The monoisotopic (exact) mass is 275 g/mol. The minimum Gasteiger partial charge on any atom is -0.462 e. The number of thiol groups is 1. The van der Waals surface area contributed by atoms with Crippen LogP contribution >= 0.6 is 12.6 Å². The molecule has 0 unspecified atom stereocenters. The van der Waals surface area contributed by atoms with Crippen LogP contribution < -0.4 is 0 Å². The Kier molecular flexibility index (Phi) is 4.24. The van der Waals surface area contributed by atoms with E-state index in [1.165, 1.54) is 13.0 Å². The van der Waals surface area contributed by atoms with Crippen molar-refractivity contribution in [2.75, 3.05) is 6.61 Å². The standard InChI is InChI=1S/C11H8F3NO2S/c1-2-17-10(16)9-6(5-15)3-7(18)4-8(9)11(12,13)14/h3-4,18H,2H2,1H3. The second-order valence-corrected chi connectivity index (χ2v) is 3.76. The summed E-state index contributed by atoms with van der Waals surface area (Å²) in [6.45, 7) is 1.38. The van der Waals surface area contributed by atoms with Crippen LogP contribution in [0.2, 0.25) is 0 Å². The van der Waals surface area contributed by atoms with Crippen molar-refractivity contribution in [3.8, 4) is 6.07 Å². The van der Waals surface area contributed by atoms with Gasteiger partial charge in [0.1, 0.15) is 6.07 Å². The van der Waals surface area contributed by atoms with Gasteiger partial charge in [-0.2, -0.15) is 18.4 Å². The smallest absolute Gasteiger partial charge is 0.417 e. The number of esters is 1. The van der Waals surface area contributed by atoms with Crippen LogP contribution in [0.25, 0.3) is 0 Å². The van der Waals surface area contributed by atoms with Crippen molar-refractivity contribution in [2.45, 2.75) is 18.0 Å². The minimum absolute atomic E-state index is 0.0491. The summed E-state index contributed by atoms with van der Waals surface area (Å²) in [6, 6.07) is 3.32. The Hall–Kier alpha value is -1.68. The third-order valence-electron chi connectivity index (χ3n) is 2.03. The molecule has 0 amide bonds. The molecule has 1 rings (SSSR count). The average Bonchev–Trinajstić information content (AvgIpc) is 2.26. The maximum Gasteiger partial charge on any atom is 0.417 e. The molecule has 1 aromatic carbocycles. The lowest BCUT2D eigenvalue weighted by Gasteiger charge is -2.14. The fourth-order valence-corrected chi connectivity index (χ4v) is 1.62. The zero-order chi connectivity index (χ0) is 13.9. The predicted octanol–water partition coefficient (Wildman–Crippen LogP) is 3.04. The van der Waals surface area contributed by atoms with Gasteiger partial charge >= 0.3 is 12.1 Å². The number of hydrogen-bond donors (Lipinski definition) is 1.